The van der Waals surface area contributed by atoms with E-state index < -0.39 is 0 Å². The van der Waals surface area contributed by atoms with E-state index in [1.54, 1.807) is 14.2 Å². The summed E-state index contributed by atoms with van der Waals surface area (Å²) in [6.07, 6.45) is 0. The van der Waals surface area contributed by atoms with E-state index >= 15 is 0 Å². The third-order valence-corrected chi connectivity index (χ3v) is 0.947. The van der Waals surface area contributed by atoms with E-state index in [0.717, 1.165) is 0 Å². The molecule has 0 fully saturated rings. The fourth-order valence-electron chi connectivity index (χ4n) is 0.407. The minimum atomic E-state index is 0. The third-order valence-electron chi connectivity index (χ3n) is 0.947. The van der Waals surface area contributed by atoms with Crippen molar-refractivity contribution >= 4 is 7.69 Å². The summed E-state index contributed by atoms with van der Waals surface area (Å²) in [5.74, 6) is 0. The molecule has 66 valence electrons. The SMILES string of the molecule is COCCO[B-]OCCOC.[Na+]. The molecule has 0 amide bonds. The molecule has 0 aliphatic heterocycles. The maximum Gasteiger partial charge on any atom is 1.00 e. The maximum atomic E-state index is 4.89. The van der Waals surface area contributed by atoms with E-state index in [-0.39, 0.29) is 29.6 Å². The van der Waals surface area contributed by atoms with Crippen molar-refractivity contribution < 1.29 is 48.3 Å². The van der Waals surface area contributed by atoms with Crippen LogP contribution in [0, 0.1) is 0 Å². The molecule has 0 aromatic heterocycles. The molecule has 0 saturated heterocycles. The van der Waals surface area contributed by atoms with Crippen LogP contribution in [0.5, 0.6) is 0 Å². The molecule has 0 atom stereocenters. The molecule has 0 aliphatic rings. The Labute approximate surface area is 96.5 Å². The van der Waals surface area contributed by atoms with Gasteiger partial charge in [0.15, 0.2) is 0 Å². The first-order valence-corrected chi connectivity index (χ1v) is 3.44. The van der Waals surface area contributed by atoms with Gasteiger partial charge < -0.3 is 18.8 Å². The van der Waals surface area contributed by atoms with Crippen LogP contribution in [0.25, 0.3) is 0 Å². The van der Waals surface area contributed by atoms with Crippen molar-refractivity contribution in [2.75, 3.05) is 40.6 Å². The molecule has 0 aromatic carbocycles. The van der Waals surface area contributed by atoms with Crippen molar-refractivity contribution in [3.05, 3.63) is 0 Å². The Morgan fingerprint density at radius 2 is 1.25 bits per heavy atom. The predicted molar refractivity (Wildman–Crippen MR) is 41.4 cm³/mol. The van der Waals surface area contributed by atoms with Crippen molar-refractivity contribution in [3.8, 4) is 0 Å². The standard InChI is InChI=1S/C6H14BO4.Na/c1-8-3-5-10-7-11-6-4-9-2;/h3-6H2,1-2H3;/q-1;+1. The van der Waals surface area contributed by atoms with E-state index in [1.807, 2.05) is 0 Å². The Hall–Kier alpha value is 0.905. The van der Waals surface area contributed by atoms with E-state index in [2.05, 4.69) is 0 Å². The van der Waals surface area contributed by atoms with Gasteiger partial charge in [0.2, 0.25) is 0 Å². The van der Waals surface area contributed by atoms with E-state index in [0.29, 0.717) is 26.4 Å². The maximum absolute atomic E-state index is 4.89. The Bertz CT molecular complexity index is 68.6. The molecule has 0 rings (SSSR count). The summed E-state index contributed by atoms with van der Waals surface area (Å²) in [4.78, 5) is 0. The van der Waals surface area contributed by atoms with Gasteiger partial charge in [-0.25, -0.2) is 0 Å². The van der Waals surface area contributed by atoms with Crippen LogP contribution in [-0.4, -0.2) is 48.3 Å². The Morgan fingerprint density at radius 1 is 0.833 bits per heavy atom. The average Bonchev–Trinajstić information content (AvgIpc) is 2.03. The van der Waals surface area contributed by atoms with Crippen molar-refractivity contribution in [1.29, 1.82) is 0 Å². The largest absolute Gasteiger partial charge is 1.00 e. The van der Waals surface area contributed by atoms with E-state index in [1.165, 1.54) is 7.69 Å². The summed E-state index contributed by atoms with van der Waals surface area (Å²) in [7, 11) is 4.54. The summed E-state index contributed by atoms with van der Waals surface area (Å²) in [5, 5.41) is 0. The molecule has 0 bridgehead atoms. The van der Waals surface area contributed by atoms with Gasteiger partial charge in [0.1, 0.15) is 0 Å². The molecule has 0 aromatic rings. The monoisotopic (exact) mass is 184 g/mol. The van der Waals surface area contributed by atoms with Gasteiger partial charge >= 0.3 is 29.6 Å². The van der Waals surface area contributed by atoms with Gasteiger partial charge in [0.05, 0.1) is 13.2 Å². The summed E-state index contributed by atoms with van der Waals surface area (Å²) < 4.78 is 19.3. The Balaban J connectivity index is 0. The number of ether oxygens (including phenoxy) is 2. The molecule has 0 spiro atoms. The van der Waals surface area contributed by atoms with Crippen LogP contribution in [0.4, 0.5) is 0 Å². The Kier molecular flexibility index (Phi) is 18.5. The van der Waals surface area contributed by atoms with Gasteiger partial charge in [0, 0.05) is 27.4 Å². The van der Waals surface area contributed by atoms with Crippen LogP contribution >= 0.6 is 0 Å². The van der Waals surface area contributed by atoms with Gasteiger partial charge in [0.25, 0.3) is 0 Å². The first-order chi connectivity index (χ1) is 5.41. The number of hydrogen-bond acceptors (Lipinski definition) is 4. The fourth-order valence-corrected chi connectivity index (χ4v) is 0.407. The van der Waals surface area contributed by atoms with Crippen LogP contribution in [0.3, 0.4) is 0 Å². The van der Waals surface area contributed by atoms with E-state index in [4.69, 9.17) is 18.8 Å². The van der Waals surface area contributed by atoms with Crippen LogP contribution < -0.4 is 29.6 Å². The zero-order valence-corrected chi connectivity index (χ0v) is 10.0. The topological polar surface area (TPSA) is 36.9 Å². The zero-order valence-electron chi connectivity index (χ0n) is 8.04. The molecule has 0 heterocycles. The first-order valence-electron chi connectivity index (χ1n) is 3.44. The van der Waals surface area contributed by atoms with Crippen LogP contribution in [-0.2, 0) is 18.8 Å². The second-order valence-electron chi connectivity index (χ2n) is 1.82. The number of rotatable bonds is 8. The first kappa shape index (κ1) is 15.4. The molecule has 0 unspecified atom stereocenters. The quantitative estimate of drug-likeness (QED) is 0.295. The van der Waals surface area contributed by atoms with Gasteiger partial charge in [-0.3, -0.25) is 0 Å². The van der Waals surface area contributed by atoms with Crippen molar-refractivity contribution in [3.63, 3.8) is 0 Å². The van der Waals surface area contributed by atoms with Crippen LogP contribution in [0.1, 0.15) is 0 Å². The number of hydrogen-bond donors (Lipinski definition) is 0. The minimum absolute atomic E-state index is 0. The van der Waals surface area contributed by atoms with Crippen molar-refractivity contribution in [2.24, 2.45) is 0 Å². The summed E-state index contributed by atoms with van der Waals surface area (Å²) >= 11 is 0. The molecule has 12 heavy (non-hydrogen) atoms. The normalized spacial score (nSPS) is 9.50. The molecular formula is C6H14BNaO4. The number of methoxy groups -OCH3 is 2. The summed E-state index contributed by atoms with van der Waals surface area (Å²) in [5.41, 5.74) is 0. The fraction of sp³-hybridized carbons (Fsp3) is 1.00. The second kappa shape index (κ2) is 14.4. The summed E-state index contributed by atoms with van der Waals surface area (Å²) in [6, 6.07) is 0. The van der Waals surface area contributed by atoms with Crippen LogP contribution in [0.15, 0.2) is 0 Å². The van der Waals surface area contributed by atoms with E-state index in [9.17, 15) is 0 Å². The molecule has 4 nitrogen and oxygen atoms in total. The Morgan fingerprint density at radius 3 is 1.58 bits per heavy atom. The zero-order chi connectivity index (χ0) is 8.36. The third kappa shape index (κ3) is 13.5. The average molecular weight is 184 g/mol. The van der Waals surface area contributed by atoms with Gasteiger partial charge in [-0.15, -0.1) is 0 Å². The van der Waals surface area contributed by atoms with Crippen LogP contribution in [0.2, 0.25) is 0 Å². The molecule has 6 heteroatoms. The molecule has 0 aliphatic carbocycles. The van der Waals surface area contributed by atoms with Crippen molar-refractivity contribution in [1.82, 2.24) is 0 Å². The molecular weight excluding hydrogens is 170 g/mol. The molecule has 0 N–H and O–H groups in total. The molecule has 0 saturated carbocycles. The summed E-state index contributed by atoms with van der Waals surface area (Å²) in [6.45, 7) is 2.18. The smallest absolute Gasteiger partial charge is 0.624 e. The van der Waals surface area contributed by atoms with Crippen molar-refractivity contribution in [2.45, 2.75) is 0 Å². The molecule has 2 radical (unpaired) electrons. The van der Waals surface area contributed by atoms with Gasteiger partial charge in [-0.2, -0.15) is 0 Å². The predicted octanol–water partition coefficient (Wildman–Crippen LogP) is -3.15. The minimum Gasteiger partial charge on any atom is -0.624 e. The van der Waals surface area contributed by atoms with Gasteiger partial charge in [-0.05, 0) is 7.69 Å². The second-order valence-corrected chi connectivity index (χ2v) is 1.82. The van der Waals surface area contributed by atoms with Gasteiger partial charge in [-0.1, -0.05) is 0 Å².